The second-order valence-electron chi connectivity index (χ2n) is 6.60. The molecule has 0 fully saturated rings. The van der Waals surface area contributed by atoms with Crippen molar-refractivity contribution in [2.75, 3.05) is 11.6 Å². The normalized spacial score (nSPS) is 12.8. The number of anilines is 1. The maximum absolute atomic E-state index is 13.2. The van der Waals surface area contributed by atoms with E-state index in [1.54, 1.807) is 17.5 Å². The number of carbonyl (C=O) groups is 1. The molecule has 3 rings (SSSR count). The number of rotatable bonds is 5. The Bertz CT molecular complexity index is 1130. The van der Waals surface area contributed by atoms with Gasteiger partial charge in [0.15, 0.2) is 15.0 Å². The van der Waals surface area contributed by atoms with Gasteiger partial charge in [0.25, 0.3) is 0 Å². The molecule has 0 bridgehead atoms. The van der Waals surface area contributed by atoms with Gasteiger partial charge in [-0.05, 0) is 51.1 Å². The summed E-state index contributed by atoms with van der Waals surface area (Å²) >= 11 is 1.23. The van der Waals surface area contributed by atoms with Crippen molar-refractivity contribution < 1.29 is 17.6 Å². The highest BCUT2D eigenvalue weighted by Crippen LogP contribution is 2.31. The van der Waals surface area contributed by atoms with Gasteiger partial charge in [0, 0.05) is 34.3 Å². The van der Waals surface area contributed by atoms with Crippen LogP contribution in [0, 0.1) is 19.7 Å². The van der Waals surface area contributed by atoms with Gasteiger partial charge in [-0.3, -0.25) is 4.79 Å². The van der Waals surface area contributed by atoms with Crippen molar-refractivity contribution in [3.63, 3.8) is 0 Å². The molecule has 1 aromatic carbocycles. The van der Waals surface area contributed by atoms with Crippen LogP contribution in [0.4, 0.5) is 9.52 Å². The molecule has 2 heterocycles. The van der Waals surface area contributed by atoms with E-state index < -0.39 is 21.0 Å². The first kappa shape index (κ1) is 20.2. The number of carbonyl (C=O) groups excluding carboxylic acids is 1. The van der Waals surface area contributed by atoms with E-state index in [1.165, 1.54) is 30.4 Å². The first-order valence-corrected chi connectivity index (χ1v) is 11.3. The minimum atomic E-state index is -3.48. The molecule has 0 radical (unpaired) electrons. The number of thiazole rings is 1. The number of halogens is 1. The number of aryl methyl sites for hydroxylation is 1. The minimum Gasteiger partial charge on any atom is -0.318 e. The third-order valence-electron chi connectivity index (χ3n) is 4.54. The Hall–Kier alpha value is -2.52. The molecule has 148 valence electrons. The van der Waals surface area contributed by atoms with Crippen molar-refractivity contribution in [1.29, 1.82) is 0 Å². The number of sulfone groups is 1. The Morgan fingerprint density at radius 1 is 1.25 bits per heavy atom. The predicted octanol–water partition coefficient (Wildman–Crippen LogP) is 3.73. The van der Waals surface area contributed by atoms with E-state index in [9.17, 15) is 17.6 Å². The summed E-state index contributed by atoms with van der Waals surface area (Å²) in [6.07, 6.45) is 1.02. The molecule has 6 nitrogen and oxygen atoms in total. The predicted molar refractivity (Wildman–Crippen MR) is 109 cm³/mol. The van der Waals surface area contributed by atoms with Crippen LogP contribution in [0.25, 0.3) is 16.9 Å². The van der Waals surface area contributed by atoms with Gasteiger partial charge in [0.1, 0.15) is 11.1 Å². The lowest BCUT2D eigenvalue weighted by Gasteiger charge is -2.09. The lowest BCUT2D eigenvalue weighted by Crippen LogP contribution is -2.31. The molecule has 28 heavy (non-hydrogen) atoms. The van der Waals surface area contributed by atoms with Gasteiger partial charge < -0.3 is 9.88 Å². The molecular weight excluding hydrogens is 401 g/mol. The molecule has 0 saturated carbocycles. The number of nitrogens with zero attached hydrogens (tertiary/aromatic N) is 2. The third kappa shape index (κ3) is 4.00. The van der Waals surface area contributed by atoms with Gasteiger partial charge in [0.05, 0.1) is 5.69 Å². The monoisotopic (exact) mass is 421 g/mol. The standard InChI is InChI=1S/C19H20FN3O3S2/c1-11-9-16(12(2)23(11)15-7-5-14(20)6-8-15)17-10-27-19(21-17)22-18(24)13(3)28(4,25)26/h5-10,13H,1-4H3,(H,21,22,24). The van der Waals surface area contributed by atoms with E-state index in [4.69, 9.17) is 0 Å². The van der Waals surface area contributed by atoms with Crippen LogP contribution in [-0.4, -0.2) is 35.4 Å². The maximum Gasteiger partial charge on any atom is 0.244 e. The molecule has 1 amide bonds. The van der Waals surface area contributed by atoms with Crippen molar-refractivity contribution in [2.45, 2.75) is 26.0 Å². The van der Waals surface area contributed by atoms with E-state index in [2.05, 4.69) is 10.3 Å². The quantitative estimate of drug-likeness (QED) is 0.681. The highest BCUT2D eigenvalue weighted by atomic mass is 32.2. The van der Waals surface area contributed by atoms with Gasteiger partial charge in [0.2, 0.25) is 5.91 Å². The summed E-state index contributed by atoms with van der Waals surface area (Å²) < 4.78 is 38.3. The van der Waals surface area contributed by atoms with Gasteiger partial charge in [-0.2, -0.15) is 0 Å². The van der Waals surface area contributed by atoms with Crippen molar-refractivity contribution in [2.24, 2.45) is 0 Å². The number of nitrogens with one attached hydrogen (secondary N) is 1. The topological polar surface area (TPSA) is 81.1 Å². The van der Waals surface area contributed by atoms with E-state index in [1.807, 2.05) is 24.5 Å². The Labute approximate surface area is 167 Å². The Balaban J connectivity index is 1.89. The molecule has 0 aliphatic carbocycles. The zero-order valence-electron chi connectivity index (χ0n) is 15.9. The lowest BCUT2D eigenvalue weighted by atomic mass is 10.2. The van der Waals surface area contributed by atoms with Gasteiger partial charge in [-0.15, -0.1) is 11.3 Å². The van der Waals surface area contributed by atoms with E-state index in [0.717, 1.165) is 28.9 Å². The number of amides is 1. The average molecular weight is 422 g/mol. The largest absolute Gasteiger partial charge is 0.318 e. The first-order chi connectivity index (χ1) is 13.1. The van der Waals surface area contributed by atoms with E-state index >= 15 is 0 Å². The summed E-state index contributed by atoms with van der Waals surface area (Å²) in [4.78, 5) is 16.5. The number of benzene rings is 1. The van der Waals surface area contributed by atoms with Crippen LogP contribution in [0.5, 0.6) is 0 Å². The van der Waals surface area contributed by atoms with Crippen molar-refractivity contribution in [1.82, 2.24) is 9.55 Å². The Morgan fingerprint density at radius 2 is 1.89 bits per heavy atom. The third-order valence-corrected chi connectivity index (χ3v) is 6.79. The molecule has 2 aromatic heterocycles. The highest BCUT2D eigenvalue weighted by Gasteiger charge is 2.24. The van der Waals surface area contributed by atoms with Crippen molar-refractivity contribution in [3.05, 3.63) is 52.9 Å². The summed E-state index contributed by atoms with van der Waals surface area (Å²) in [5, 5.41) is 3.55. The van der Waals surface area contributed by atoms with E-state index in [0.29, 0.717) is 10.8 Å². The van der Waals surface area contributed by atoms with Crippen LogP contribution in [0.1, 0.15) is 18.3 Å². The second kappa shape index (κ2) is 7.48. The Morgan fingerprint density at radius 3 is 2.50 bits per heavy atom. The maximum atomic E-state index is 13.2. The Kier molecular flexibility index (Phi) is 5.40. The summed E-state index contributed by atoms with van der Waals surface area (Å²) in [6.45, 7) is 5.23. The highest BCUT2D eigenvalue weighted by molar-refractivity contribution is 7.92. The average Bonchev–Trinajstić information content (AvgIpc) is 3.18. The molecule has 0 aliphatic rings. The second-order valence-corrected chi connectivity index (χ2v) is 9.82. The summed E-state index contributed by atoms with van der Waals surface area (Å²) in [6, 6.07) is 8.20. The van der Waals surface area contributed by atoms with Crippen LogP contribution in [-0.2, 0) is 14.6 Å². The molecule has 3 aromatic rings. The SMILES string of the molecule is Cc1cc(-c2csc(NC(=O)C(C)S(C)(=O)=O)n2)c(C)n1-c1ccc(F)cc1. The van der Waals surface area contributed by atoms with Gasteiger partial charge in [-0.1, -0.05) is 0 Å². The molecule has 1 atom stereocenters. The molecule has 0 spiro atoms. The number of hydrogen-bond donors (Lipinski definition) is 1. The minimum absolute atomic E-state index is 0.297. The number of hydrogen-bond acceptors (Lipinski definition) is 5. The molecule has 1 N–H and O–H groups in total. The van der Waals surface area contributed by atoms with Crippen LogP contribution in [0.2, 0.25) is 0 Å². The molecule has 0 aliphatic heterocycles. The van der Waals surface area contributed by atoms with Crippen LogP contribution in [0.3, 0.4) is 0 Å². The van der Waals surface area contributed by atoms with Crippen LogP contribution in [0.15, 0.2) is 35.7 Å². The molecule has 1 unspecified atom stereocenters. The van der Waals surface area contributed by atoms with Crippen molar-refractivity contribution in [3.8, 4) is 16.9 Å². The zero-order chi connectivity index (χ0) is 20.6. The fourth-order valence-electron chi connectivity index (χ4n) is 2.87. The zero-order valence-corrected chi connectivity index (χ0v) is 17.5. The fourth-order valence-corrected chi connectivity index (χ4v) is 4.03. The smallest absolute Gasteiger partial charge is 0.244 e. The molecule has 9 heteroatoms. The number of aromatic nitrogens is 2. The van der Waals surface area contributed by atoms with E-state index in [-0.39, 0.29) is 5.82 Å². The fraction of sp³-hybridized carbons (Fsp3) is 0.263. The van der Waals surface area contributed by atoms with Crippen LogP contribution < -0.4 is 5.32 Å². The van der Waals surface area contributed by atoms with Gasteiger partial charge in [-0.25, -0.2) is 17.8 Å². The summed E-state index contributed by atoms with van der Waals surface area (Å²) in [7, 11) is -3.48. The molecular formula is C19H20FN3O3S2. The van der Waals surface area contributed by atoms with Crippen molar-refractivity contribution >= 4 is 32.2 Å². The van der Waals surface area contributed by atoms with Gasteiger partial charge >= 0.3 is 0 Å². The van der Waals surface area contributed by atoms with Crippen LogP contribution >= 0.6 is 11.3 Å². The summed E-state index contributed by atoms with van der Waals surface area (Å²) in [5.74, 6) is -0.908. The lowest BCUT2D eigenvalue weighted by molar-refractivity contribution is -0.115. The first-order valence-electron chi connectivity index (χ1n) is 8.48. The molecule has 0 saturated heterocycles. The summed E-state index contributed by atoms with van der Waals surface area (Å²) in [5.41, 5.74) is 4.29.